The van der Waals surface area contributed by atoms with Gasteiger partial charge in [-0.3, -0.25) is 4.79 Å². The fourth-order valence-corrected chi connectivity index (χ4v) is 6.79. The summed E-state index contributed by atoms with van der Waals surface area (Å²) in [5.74, 6) is -1.12. The molecule has 0 N–H and O–H groups in total. The summed E-state index contributed by atoms with van der Waals surface area (Å²) >= 11 is 0. The van der Waals surface area contributed by atoms with Crippen LogP contribution in [0.4, 0.5) is 0 Å². The Kier molecular flexibility index (Phi) is 7.40. The molecule has 0 saturated carbocycles. The van der Waals surface area contributed by atoms with Gasteiger partial charge in [0.25, 0.3) is 0 Å². The number of hydrogen-bond acceptors (Lipinski definition) is 6. The summed E-state index contributed by atoms with van der Waals surface area (Å²) in [7, 11) is -1.94. The van der Waals surface area contributed by atoms with Crippen LogP contribution >= 0.6 is 0 Å². The fraction of sp³-hybridized carbons (Fsp3) is 0.267. The minimum absolute atomic E-state index is 0.00927. The Morgan fingerprint density at radius 1 is 0.923 bits per heavy atom. The normalized spacial score (nSPS) is 18.2. The Hall–Kier alpha value is -3.79. The van der Waals surface area contributed by atoms with Crippen LogP contribution in [-0.2, 0) is 26.5 Å². The van der Waals surface area contributed by atoms with Gasteiger partial charge in [0.05, 0.1) is 33.9 Å². The first-order valence-electron chi connectivity index (χ1n) is 12.8. The van der Waals surface area contributed by atoms with E-state index in [1.54, 1.807) is 0 Å². The first-order chi connectivity index (χ1) is 18.7. The Morgan fingerprint density at radius 3 is 2.31 bits per heavy atom. The number of hydrogen-bond donors (Lipinski definition) is 0. The molecule has 202 valence electrons. The van der Waals surface area contributed by atoms with Gasteiger partial charge in [-0.1, -0.05) is 54.6 Å². The number of ether oxygens (including phenoxy) is 2. The molecule has 0 bridgehead atoms. The molecule has 1 aliphatic rings. The third kappa shape index (κ3) is 5.25. The topological polar surface area (TPSA) is 94.9 Å². The van der Waals surface area contributed by atoms with E-state index in [0.717, 1.165) is 22.2 Å². The summed E-state index contributed by atoms with van der Waals surface area (Å²) in [6.45, 7) is 3.61. The highest BCUT2D eigenvalue weighted by atomic mass is 32.2. The number of fused-ring (bicyclic) bond motifs is 1. The molecule has 8 nitrogen and oxygen atoms in total. The fourth-order valence-electron chi connectivity index (χ4n) is 5.16. The molecule has 0 spiro atoms. The highest BCUT2D eigenvalue weighted by Crippen LogP contribution is 2.33. The van der Waals surface area contributed by atoms with Crippen LogP contribution in [-0.4, -0.2) is 60.9 Å². The van der Waals surface area contributed by atoms with E-state index in [1.165, 1.54) is 28.6 Å². The third-order valence-electron chi connectivity index (χ3n) is 6.86. The summed E-state index contributed by atoms with van der Waals surface area (Å²) in [5.41, 5.74) is 3.02. The number of Topliss-reactive ketones (excluding diaryl/α,β-unsaturated/α-hetero) is 1. The lowest BCUT2D eigenvalue weighted by molar-refractivity contribution is -0.0440. The van der Waals surface area contributed by atoms with E-state index < -0.39 is 22.6 Å². The summed E-state index contributed by atoms with van der Waals surface area (Å²) < 4.78 is 40.9. The van der Waals surface area contributed by atoms with Crippen molar-refractivity contribution in [3.05, 3.63) is 90.0 Å². The molecule has 0 aliphatic carbocycles. The van der Waals surface area contributed by atoms with Gasteiger partial charge in [0.15, 0.2) is 6.61 Å². The Morgan fingerprint density at radius 2 is 1.59 bits per heavy atom. The van der Waals surface area contributed by atoms with E-state index in [1.807, 2.05) is 80.1 Å². The van der Waals surface area contributed by atoms with E-state index in [2.05, 4.69) is 0 Å². The van der Waals surface area contributed by atoms with Gasteiger partial charge in [0, 0.05) is 31.0 Å². The van der Waals surface area contributed by atoms with E-state index in [0.29, 0.717) is 5.56 Å². The van der Waals surface area contributed by atoms with Crippen molar-refractivity contribution in [2.45, 2.75) is 31.0 Å². The molecule has 4 aromatic rings. The predicted octanol–water partition coefficient (Wildman–Crippen LogP) is 4.68. The highest BCUT2D eigenvalue weighted by Gasteiger charge is 2.32. The zero-order valence-corrected chi connectivity index (χ0v) is 22.9. The molecule has 3 aromatic carbocycles. The summed E-state index contributed by atoms with van der Waals surface area (Å²) in [6, 6.07) is 22.9. The van der Waals surface area contributed by atoms with Crippen molar-refractivity contribution in [1.82, 2.24) is 8.87 Å². The molecule has 1 saturated heterocycles. The first kappa shape index (κ1) is 26.8. The lowest BCUT2D eigenvalue weighted by atomic mass is 10.0. The monoisotopic (exact) mass is 546 g/mol. The smallest absolute Gasteiger partial charge is 0.338 e. The zero-order chi connectivity index (χ0) is 27.7. The van der Waals surface area contributed by atoms with Gasteiger partial charge >= 0.3 is 5.97 Å². The average molecular weight is 547 g/mol. The second-order valence-corrected chi connectivity index (χ2v) is 11.7. The van der Waals surface area contributed by atoms with Gasteiger partial charge in [-0.25, -0.2) is 13.2 Å². The first-order valence-corrected chi connectivity index (χ1v) is 14.2. The standard InChI is InChI=1S/C30H30N2O6S/c1-20-17-32(18-21(2)38-20)39(35,36)24-13-9-12-23(16-24)30(34)37-19-27(33)28-25-14-7-8-15-26(25)31(3)29(28)22-10-5-4-6-11-22/h4-16,20-21H,17-19H2,1-3H3/t20-,21-/m0/s1. The van der Waals surface area contributed by atoms with Crippen LogP contribution in [0.1, 0.15) is 34.6 Å². The molecule has 0 amide bonds. The predicted molar refractivity (Wildman–Crippen MR) is 148 cm³/mol. The maximum atomic E-state index is 13.5. The van der Waals surface area contributed by atoms with Crippen molar-refractivity contribution in [2.24, 2.45) is 7.05 Å². The lowest BCUT2D eigenvalue weighted by Gasteiger charge is -2.34. The van der Waals surface area contributed by atoms with Gasteiger partial charge in [-0.15, -0.1) is 0 Å². The number of morpholine rings is 1. The van der Waals surface area contributed by atoms with Crippen LogP contribution in [0.15, 0.2) is 83.8 Å². The molecule has 5 rings (SSSR count). The Balaban J connectivity index is 1.38. The quantitative estimate of drug-likeness (QED) is 0.247. The second kappa shape index (κ2) is 10.8. The number of ketones is 1. The molecule has 1 aliphatic heterocycles. The maximum absolute atomic E-state index is 13.5. The number of sulfonamides is 1. The number of carbonyl (C=O) groups excluding carboxylic acids is 2. The molecule has 0 radical (unpaired) electrons. The Labute approximate surface area is 227 Å². The van der Waals surface area contributed by atoms with E-state index >= 15 is 0 Å². The minimum atomic E-state index is -3.84. The number of aromatic nitrogens is 1. The number of para-hydroxylation sites is 1. The molecule has 0 unspecified atom stereocenters. The van der Waals surface area contributed by atoms with Crippen molar-refractivity contribution in [3.63, 3.8) is 0 Å². The summed E-state index contributed by atoms with van der Waals surface area (Å²) in [4.78, 5) is 26.4. The number of nitrogens with zero attached hydrogens (tertiary/aromatic N) is 2. The maximum Gasteiger partial charge on any atom is 0.338 e. The number of aryl methyl sites for hydroxylation is 1. The number of esters is 1. The van der Waals surface area contributed by atoms with Crippen LogP contribution in [0.2, 0.25) is 0 Å². The second-order valence-electron chi connectivity index (χ2n) is 9.77. The van der Waals surface area contributed by atoms with Gasteiger partial charge < -0.3 is 14.0 Å². The van der Waals surface area contributed by atoms with Crippen LogP contribution < -0.4 is 0 Å². The van der Waals surface area contributed by atoms with Crippen LogP contribution in [0.3, 0.4) is 0 Å². The van der Waals surface area contributed by atoms with Gasteiger partial charge in [0.2, 0.25) is 15.8 Å². The van der Waals surface area contributed by atoms with Gasteiger partial charge in [-0.05, 0) is 43.7 Å². The largest absolute Gasteiger partial charge is 0.454 e. The molecule has 1 aromatic heterocycles. The highest BCUT2D eigenvalue weighted by molar-refractivity contribution is 7.89. The SMILES string of the molecule is C[C@H]1CN(S(=O)(=O)c2cccc(C(=O)OCC(=O)c3c(-c4ccccc4)n(C)c4ccccc34)c2)C[C@H](C)O1. The average Bonchev–Trinajstić information content (AvgIpc) is 3.24. The molecule has 2 atom stereocenters. The molecular weight excluding hydrogens is 516 g/mol. The molecule has 2 heterocycles. The molecule has 9 heteroatoms. The zero-order valence-electron chi connectivity index (χ0n) is 22.0. The molecule has 1 fully saturated rings. The molecular formula is C30H30N2O6S. The van der Waals surface area contributed by atoms with Crippen molar-refractivity contribution < 1.29 is 27.5 Å². The van der Waals surface area contributed by atoms with E-state index in [9.17, 15) is 18.0 Å². The van der Waals surface area contributed by atoms with E-state index in [-0.39, 0.29) is 41.5 Å². The van der Waals surface area contributed by atoms with Crippen LogP contribution in [0.5, 0.6) is 0 Å². The van der Waals surface area contributed by atoms with Crippen molar-refractivity contribution in [1.29, 1.82) is 0 Å². The van der Waals surface area contributed by atoms with Gasteiger partial charge in [-0.2, -0.15) is 4.31 Å². The molecule has 39 heavy (non-hydrogen) atoms. The van der Waals surface area contributed by atoms with Crippen molar-refractivity contribution >= 4 is 32.7 Å². The number of benzene rings is 3. The van der Waals surface area contributed by atoms with Crippen LogP contribution in [0.25, 0.3) is 22.2 Å². The number of rotatable bonds is 7. The summed E-state index contributed by atoms with van der Waals surface area (Å²) in [5, 5.41) is 0.766. The Bertz CT molecular complexity index is 1630. The van der Waals surface area contributed by atoms with Gasteiger partial charge in [0.1, 0.15) is 0 Å². The third-order valence-corrected chi connectivity index (χ3v) is 8.69. The minimum Gasteiger partial charge on any atom is -0.454 e. The lowest BCUT2D eigenvalue weighted by Crippen LogP contribution is -2.48. The number of carbonyl (C=O) groups is 2. The van der Waals surface area contributed by atoms with Crippen molar-refractivity contribution in [2.75, 3.05) is 19.7 Å². The summed E-state index contributed by atoms with van der Waals surface area (Å²) in [6.07, 6.45) is -0.477. The van der Waals surface area contributed by atoms with Crippen molar-refractivity contribution in [3.8, 4) is 11.3 Å². The van der Waals surface area contributed by atoms with E-state index in [4.69, 9.17) is 9.47 Å². The van der Waals surface area contributed by atoms with Crippen LogP contribution in [0, 0.1) is 0 Å².